The van der Waals surface area contributed by atoms with Crippen LogP contribution in [0.25, 0.3) is 11.5 Å². The van der Waals surface area contributed by atoms with Crippen molar-refractivity contribution in [2.45, 2.75) is 58.2 Å². The molecular formula is C27H31N3O6. The SMILES string of the molecule is COc1ccc(-c2nnc(C(C)OC(=O)c3ccc(OCC(=O)N4C(C)CCCC4C)cc3)o2)cc1. The zero-order valence-electron chi connectivity index (χ0n) is 21.0. The second-order valence-electron chi connectivity index (χ2n) is 8.96. The maximum absolute atomic E-state index is 12.6. The quantitative estimate of drug-likeness (QED) is 0.411. The van der Waals surface area contributed by atoms with E-state index in [1.165, 1.54) is 0 Å². The van der Waals surface area contributed by atoms with E-state index in [4.69, 9.17) is 18.6 Å². The van der Waals surface area contributed by atoms with Gasteiger partial charge in [-0.05, 0) is 88.6 Å². The van der Waals surface area contributed by atoms with Gasteiger partial charge in [0, 0.05) is 17.6 Å². The second kappa shape index (κ2) is 11.2. The Morgan fingerprint density at radius 1 is 1.00 bits per heavy atom. The van der Waals surface area contributed by atoms with Crippen LogP contribution in [0, 0.1) is 0 Å². The van der Waals surface area contributed by atoms with E-state index >= 15 is 0 Å². The number of likely N-dealkylation sites (tertiary alicyclic amines) is 1. The second-order valence-corrected chi connectivity index (χ2v) is 8.96. The fourth-order valence-corrected chi connectivity index (χ4v) is 4.35. The van der Waals surface area contributed by atoms with Crippen molar-refractivity contribution >= 4 is 11.9 Å². The zero-order chi connectivity index (χ0) is 25.7. The van der Waals surface area contributed by atoms with E-state index in [1.54, 1.807) is 62.6 Å². The molecule has 1 aliphatic heterocycles. The number of esters is 1. The molecule has 1 fully saturated rings. The molecule has 0 N–H and O–H groups in total. The van der Waals surface area contributed by atoms with Gasteiger partial charge in [-0.15, -0.1) is 10.2 Å². The largest absolute Gasteiger partial charge is 0.497 e. The van der Waals surface area contributed by atoms with E-state index < -0.39 is 12.1 Å². The van der Waals surface area contributed by atoms with E-state index in [2.05, 4.69) is 24.0 Å². The van der Waals surface area contributed by atoms with Crippen LogP contribution in [0.5, 0.6) is 11.5 Å². The molecule has 0 aliphatic carbocycles. The summed E-state index contributed by atoms with van der Waals surface area (Å²) in [5.74, 6) is 1.17. The number of amides is 1. The average molecular weight is 494 g/mol. The van der Waals surface area contributed by atoms with Crippen molar-refractivity contribution in [1.82, 2.24) is 15.1 Å². The van der Waals surface area contributed by atoms with Gasteiger partial charge in [0.05, 0.1) is 12.7 Å². The molecule has 9 heteroatoms. The van der Waals surface area contributed by atoms with E-state index in [0.717, 1.165) is 30.6 Å². The summed E-state index contributed by atoms with van der Waals surface area (Å²) in [6.07, 6.45) is 2.42. The van der Waals surface area contributed by atoms with Crippen LogP contribution in [0.1, 0.15) is 62.4 Å². The Morgan fingerprint density at radius 2 is 1.64 bits per heavy atom. The summed E-state index contributed by atoms with van der Waals surface area (Å²) < 4.78 is 22.0. The van der Waals surface area contributed by atoms with Gasteiger partial charge in [-0.25, -0.2) is 4.79 Å². The molecule has 0 saturated carbocycles. The van der Waals surface area contributed by atoms with Gasteiger partial charge in [-0.3, -0.25) is 4.79 Å². The molecule has 2 heterocycles. The smallest absolute Gasteiger partial charge is 0.338 e. The number of carbonyl (C=O) groups excluding carboxylic acids is 2. The third-order valence-electron chi connectivity index (χ3n) is 6.34. The molecule has 1 aliphatic rings. The third-order valence-corrected chi connectivity index (χ3v) is 6.34. The number of carbonyl (C=O) groups is 2. The van der Waals surface area contributed by atoms with Crippen LogP contribution in [-0.4, -0.2) is 52.8 Å². The number of rotatable bonds is 8. The standard InChI is InChI=1S/C27H31N3O6/c1-17-6-5-7-18(2)30(17)24(31)16-34-23-14-10-21(11-15-23)27(32)35-19(3)25-28-29-26(36-25)20-8-12-22(33-4)13-9-20/h8-15,17-19H,5-7,16H2,1-4H3. The van der Waals surface area contributed by atoms with E-state index in [9.17, 15) is 9.59 Å². The van der Waals surface area contributed by atoms with Crippen LogP contribution in [0.15, 0.2) is 52.9 Å². The Hall–Kier alpha value is -3.88. The van der Waals surface area contributed by atoms with Gasteiger partial charge in [0.15, 0.2) is 12.7 Å². The van der Waals surface area contributed by atoms with Crippen molar-refractivity contribution in [1.29, 1.82) is 0 Å². The van der Waals surface area contributed by atoms with Crippen LogP contribution < -0.4 is 9.47 Å². The number of benzene rings is 2. The predicted molar refractivity (Wildman–Crippen MR) is 132 cm³/mol. The zero-order valence-corrected chi connectivity index (χ0v) is 21.0. The summed E-state index contributed by atoms with van der Waals surface area (Å²) in [6.45, 7) is 5.77. The minimum absolute atomic E-state index is 0.0272. The summed E-state index contributed by atoms with van der Waals surface area (Å²) in [7, 11) is 1.59. The summed E-state index contributed by atoms with van der Waals surface area (Å²) in [4.78, 5) is 27.2. The minimum atomic E-state index is -0.737. The number of nitrogens with zero attached hydrogens (tertiary/aromatic N) is 3. The Balaban J connectivity index is 1.30. The lowest BCUT2D eigenvalue weighted by Crippen LogP contribution is -2.49. The predicted octanol–water partition coefficient (Wildman–Crippen LogP) is 4.83. The Kier molecular flexibility index (Phi) is 7.87. The van der Waals surface area contributed by atoms with Crippen LogP contribution >= 0.6 is 0 Å². The lowest BCUT2D eigenvalue weighted by molar-refractivity contribution is -0.139. The first-order valence-electron chi connectivity index (χ1n) is 12.1. The van der Waals surface area contributed by atoms with E-state index in [0.29, 0.717) is 17.2 Å². The van der Waals surface area contributed by atoms with Gasteiger partial charge in [0.2, 0.25) is 5.89 Å². The van der Waals surface area contributed by atoms with Crippen molar-refractivity contribution < 1.29 is 28.2 Å². The molecule has 190 valence electrons. The molecule has 0 spiro atoms. The van der Waals surface area contributed by atoms with Gasteiger partial charge in [-0.1, -0.05) is 0 Å². The van der Waals surface area contributed by atoms with Gasteiger partial charge in [0.1, 0.15) is 11.5 Å². The fourth-order valence-electron chi connectivity index (χ4n) is 4.35. The van der Waals surface area contributed by atoms with Crippen molar-refractivity contribution in [3.8, 4) is 23.0 Å². The van der Waals surface area contributed by atoms with Crippen molar-refractivity contribution in [2.75, 3.05) is 13.7 Å². The van der Waals surface area contributed by atoms with Crippen LogP contribution in [0.4, 0.5) is 0 Å². The van der Waals surface area contributed by atoms with Gasteiger partial charge < -0.3 is 23.5 Å². The van der Waals surface area contributed by atoms with E-state index in [-0.39, 0.29) is 30.5 Å². The third kappa shape index (κ3) is 5.84. The molecule has 4 rings (SSSR count). The first kappa shape index (κ1) is 25.2. The first-order valence-corrected chi connectivity index (χ1v) is 12.1. The van der Waals surface area contributed by atoms with Gasteiger partial charge in [0.25, 0.3) is 11.8 Å². The molecule has 2 aromatic carbocycles. The molecule has 1 saturated heterocycles. The summed E-state index contributed by atoms with van der Waals surface area (Å²) in [5.41, 5.74) is 1.07. The van der Waals surface area contributed by atoms with E-state index in [1.807, 2.05) is 4.90 Å². The highest BCUT2D eigenvalue weighted by molar-refractivity contribution is 5.89. The van der Waals surface area contributed by atoms with Crippen molar-refractivity contribution in [3.05, 3.63) is 60.0 Å². The van der Waals surface area contributed by atoms with Crippen LogP contribution in [0.3, 0.4) is 0 Å². The summed E-state index contributed by atoms with van der Waals surface area (Å²) >= 11 is 0. The number of aromatic nitrogens is 2. The molecular weight excluding hydrogens is 462 g/mol. The van der Waals surface area contributed by atoms with Gasteiger partial charge >= 0.3 is 5.97 Å². The highest BCUT2D eigenvalue weighted by Gasteiger charge is 2.29. The number of hydrogen-bond donors (Lipinski definition) is 0. The Bertz CT molecular complexity index is 1160. The average Bonchev–Trinajstić information content (AvgIpc) is 3.38. The lowest BCUT2D eigenvalue weighted by Gasteiger charge is -2.38. The molecule has 3 atom stereocenters. The lowest BCUT2D eigenvalue weighted by atomic mass is 9.97. The monoisotopic (exact) mass is 493 g/mol. The highest BCUT2D eigenvalue weighted by atomic mass is 16.6. The highest BCUT2D eigenvalue weighted by Crippen LogP contribution is 2.26. The Morgan fingerprint density at radius 3 is 2.28 bits per heavy atom. The first-order chi connectivity index (χ1) is 17.4. The van der Waals surface area contributed by atoms with Crippen LogP contribution in [0.2, 0.25) is 0 Å². The molecule has 1 aromatic heterocycles. The summed E-state index contributed by atoms with van der Waals surface area (Å²) in [6, 6.07) is 14.1. The van der Waals surface area contributed by atoms with Crippen molar-refractivity contribution in [3.63, 3.8) is 0 Å². The number of piperidine rings is 1. The minimum Gasteiger partial charge on any atom is -0.497 e. The number of hydrogen-bond acceptors (Lipinski definition) is 8. The molecule has 1 amide bonds. The van der Waals surface area contributed by atoms with Crippen molar-refractivity contribution in [2.24, 2.45) is 0 Å². The topological polar surface area (TPSA) is 104 Å². The maximum Gasteiger partial charge on any atom is 0.338 e. The fraction of sp³-hybridized carbons (Fsp3) is 0.407. The normalized spacial score (nSPS) is 18.4. The Labute approximate surface area is 210 Å². The molecule has 3 aromatic rings. The van der Waals surface area contributed by atoms with Gasteiger partial charge in [-0.2, -0.15) is 0 Å². The molecule has 0 bridgehead atoms. The molecule has 0 radical (unpaired) electrons. The molecule has 9 nitrogen and oxygen atoms in total. The number of methoxy groups -OCH3 is 1. The maximum atomic E-state index is 12.6. The van der Waals surface area contributed by atoms with Crippen LogP contribution in [-0.2, 0) is 9.53 Å². The number of ether oxygens (including phenoxy) is 3. The summed E-state index contributed by atoms with van der Waals surface area (Å²) in [5, 5.41) is 8.04. The molecule has 3 unspecified atom stereocenters. The molecule has 36 heavy (non-hydrogen) atoms.